The maximum atomic E-state index is 12.7. The highest BCUT2D eigenvalue weighted by atomic mass is 32.1. The zero-order chi connectivity index (χ0) is 14.0. The van der Waals surface area contributed by atoms with Crippen molar-refractivity contribution in [2.45, 2.75) is 25.6 Å². The number of benzene rings is 1. The summed E-state index contributed by atoms with van der Waals surface area (Å²) in [6, 6.07) is 4.42. The van der Waals surface area contributed by atoms with Crippen molar-refractivity contribution >= 4 is 11.5 Å². The number of alkyl halides is 3. The van der Waals surface area contributed by atoms with E-state index in [1.54, 1.807) is 6.07 Å². The smallest absolute Gasteiger partial charge is 0.320 e. The van der Waals surface area contributed by atoms with E-state index >= 15 is 0 Å². The Balaban J connectivity index is 2.37. The third-order valence-electron chi connectivity index (χ3n) is 2.78. The molecule has 0 saturated carbocycles. The molecule has 3 nitrogen and oxygen atoms in total. The highest BCUT2D eigenvalue weighted by Crippen LogP contribution is 2.32. The molecule has 1 atom stereocenters. The standard InChI is InChI=1S/C12H12F3N3S/c1-2-9-11(19-18-17-9)10(16)7-4-3-5-8(6-7)12(13,14)15/h3-6,10H,2,16H2,1H3. The van der Waals surface area contributed by atoms with Crippen molar-refractivity contribution in [3.05, 3.63) is 46.0 Å². The lowest BCUT2D eigenvalue weighted by atomic mass is 10.0. The van der Waals surface area contributed by atoms with Crippen molar-refractivity contribution in [1.29, 1.82) is 0 Å². The van der Waals surface area contributed by atoms with Gasteiger partial charge < -0.3 is 5.73 Å². The van der Waals surface area contributed by atoms with Crippen molar-refractivity contribution in [1.82, 2.24) is 9.59 Å². The number of nitrogens with two attached hydrogens (primary N) is 1. The molecule has 19 heavy (non-hydrogen) atoms. The molecule has 0 bridgehead atoms. The summed E-state index contributed by atoms with van der Waals surface area (Å²) in [6.45, 7) is 1.90. The molecule has 0 saturated heterocycles. The van der Waals surface area contributed by atoms with Gasteiger partial charge in [0, 0.05) is 0 Å². The van der Waals surface area contributed by atoms with Crippen molar-refractivity contribution in [2.75, 3.05) is 0 Å². The fraction of sp³-hybridized carbons (Fsp3) is 0.333. The number of aryl methyl sites for hydroxylation is 1. The topological polar surface area (TPSA) is 51.8 Å². The van der Waals surface area contributed by atoms with E-state index in [0.717, 1.165) is 29.4 Å². The zero-order valence-electron chi connectivity index (χ0n) is 10.1. The fourth-order valence-corrected chi connectivity index (χ4v) is 2.52. The average Bonchev–Trinajstić information content (AvgIpc) is 2.85. The number of aromatic nitrogens is 2. The molecule has 0 aliphatic carbocycles. The number of nitrogens with zero attached hydrogens (tertiary/aromatic N) is 2. The van der Waals surface area contributed by atoms with Crippen molar-refractivity contribution in [2.24, 2.45) is 5.73 Å². The first kappa shape index (κ1) is 14.0. The molecule has 7 heteroatoms. The largest absolute Gasteiger partial charge is 0.416 e. The summed E-state index contributed by atoms with van der Waals surface area (Å²) in [5.41, 5.74) is 6.46. The van der Waals surface area contributed by atoms with Crippen LogP contribution in [0, 0.1) is 0 Å². The molecule has 0 aliphatic heterocycles. The Hall–Kier alpha value is -1.47. The SMILES string of the molecule is CCc1nnsc1C(N)c1cccc(C(F)(F)F)c1. The lowest BCUT2D eigenvalue weighted by Crippen LogP contribution is -2.14. The summed E-state index contributed by atoms with van der Waals surface area (Å²) in [5, 5.41) is 3.92. The molecule has 0 fully saturated rings. The van der Waals surface area contributed by atoms with Gasteiger partial charge in [0.05, 0.1) is 22.2 Å². The Kier molecular flexibility index (Phi) is 3.86. The van der Waals surface area contributed by atoms with Gasteiger partial charge in [0.25, 0.3) is 0 Å². The van der Waals surface area contributed by atoms with Crippen LogP contribution in [-0.2, 0) is 12.6 Å². The zero-order valence-corrected chi connectivity index (χ0v) is 10.9. The highest BCUT2D eigenvalue weighted by molar-refractivity contribution is 7.05. The van der Waals surface area contributed by atoms with Crippen molar-refractivity contribution in [3.63, 3.8) is 0 Å². The van der Waals surface area contributed by atoms with Crippen LogP contribution in [0.1, 0.15) is 34.7 Å². The van der Waals surface area contributed by atoms with Gasteiger partial charge >= 0.3 is 6.18 Å². The van der Waals surface area contributed by atoms with Crippen LogP contribution in [0.5, 0.6) is 0 Å². The second-order valence-corrected chi connectivity index (χ2v) is 4.82. The van der Waals surface area contributed by atoms with Crippen molar-refractivity contribution < 1.29 is 13.2 Å². The Morgan fingerprint density at radius 3 is 2.74 bits per heavy atom. The van der Waals surface area contributed by atoms with Gasteiger partial charge in [0.2, 0.25) is 0 Å². The monoisotopic (exact) mass is 287 g/mol. The first-order chi connectivity index (χ1) is 8.93. The van der Waals surface area contributed by atoms with Crippen LogP contribution in [0.4, 0.5) is 13.2 Å². The molecule has 1 aromatic heterocycles. The predicted molar refractivity (Wildman–Crippen MR) is 66.8 cm³/mol. The van der Waals surface area contributed by atoms with Gasteiger partial charge in [-0.1, -0.05) is 23.5 Å². The van der Waals surface area contributed by atoms with Gasteiger partial charge in [-0.2, -0.15) is 13.2 Å². The molecule has 0 amide bonds. The number of rotatable bonds is 3. The Labute approximate surface area is 112 Å². The maximum absolute atomic E-state index is 12.7. The summed E-state index contributed by atoms with van der Waals surface area (Å²) in [4.78, 5) is 0.710. The maximum Gasteiger partial charge on any atom is 0.416 e. The van der Waals surface area contributed by atoms with E-state index in [2.05, 4.69) is 9.59 Å². The quantitative estimate of drug-likeness (QED) is 0.943. The first-order valence-electron chi connectivity index (χ1n) is 5.67. The molecular formula is C12H12F3N3S. The van der Waals surface area contributed by atoms with Crippen LogP contribution < -0.4 is 5.73 Å². The van der Waals surface area contributed by atoms with Crippen LogP contribution in [0.3, 0.4) is 0 Å². The van der Waals surface area contributed by atoms with Crippen LogP contribution >= 0.6 is 11.5 Å². The Morgan fingerprint density at radius 2 is 2.11 bits per heavy atom. The minimum atomic E-state index is -4.37. The lowest BCUT2D eigenvalue weighted by Gasteiger charge is -2.13. The molecule has 0 radical (unpaired) electrons. The summed E-state index contributed by atoms with van der Waals surface area (Å²) >= 11 is 1.12. The summed E-state index contributed by atoms with van der Waals surface area (Å²) in [7, 11) is 0. The fourth-order valence-electron chi connectivity index (χ4n) is 1.76. The van der Waals surface area contributed by atoms with Gasteiger partial charge in [-0.05, 0) is 35.6 Å². The van der Waals surface area contributed by atoms with E-state index < -0.39 is 17.8 Å². The van der Waals surface area contributed by atoms with Gasteiger partial charge in [0.1, 0.15) is 0 Å². The summed E-state index contributed by atoms with van der Waals surface area (Å²) < 4.78 is 41.8. The lowest BCUT2D eigenvalue weighted by molar-refractivity contribution is -0.137. The summed E-state index contributed by atoms with van der Waals surface area (Å²) in [6.07, 6.45) is -3.71. The van der Waals surface area contributed by atoms with E-state index in [-0.39, 0.29) is 0 Å². The second-order valence-electron chi connectivity index (χ2n) is 4.04. The molecule has 1 heterocycles. The number of hydrogen-bond donors (Lipinski definition) is 1. The third-order valence-corrected chi connectivity index (χ3v) is 3.63. The van der Waals surface area contributed by atoms with Gasteiger partial charge in [-0.15, -0.1) is 5.10 Å². The van der Waals surface area contributed by atoms with E-state index in [1.165, 1.54) is 6.07 Å². The number of halogens is 3. The molecule has 2 aromatic rings. The molecule has 1 aromatic carbocycles. The van der Waals surface area contributed by atoms with Crippen LogP contribution in [0.15, 0.2) is 24.3 Å². The minimum Gasteiger partial charge on any atom is -0.320 e. The normalized spacial score (nSPS) is 13.5. The van der Waals surface area contributed by atoms with E-state index in [0.29, 0.717) is 16.9 Å². The number of hydrogen-bond acceptors (Lipinski definition) is 4. The molecule has 0 spiro atoms. The van der Waals surface area contributed by atoms with Crippen LogP contribution in [-0.4, -0.2) is 9.59 Å². The highest BCUT2D eigenvalue weighted by Gasteiger charge is 2.31. The van der Waals surface area contributed by atoms with E-state index in [9.17, 15) is 13.2 Å². The van der Waals surface area contributed by atoms with Crippen LogP contribution in [0.25, 0.3) is 0 Å². The van der Waals surface area contributed by atoms with Gasteiger partial charge in [-0.25, -0.2) is 0 Å². The van der Waals surface area contributed by atoms with Gasteiger partial charge in [0.15, 0.2) is 0 Å². The minimum absolute atomic E-state index is 0.413. The molecule has 1 unspecified atom stereocenters. The molecular weight excluding hydrogens is 275 g/mol. The molecule has 102 valence electrons. The van der Waals surface area contributed by atoms with Crippen molar-refractivity contribution in [3.8, 4) is 0 Å². The second kappa shape index (κ2) is 5.26. The van der Waals surface area contributed by atoms with E-state index in [4.69, 9.17) is 5.73 Å². The molecule has 2 rings (SSSR count). The van der Waals surface area contributed by atoms with Crippen LogP contribution in [0.2, 0.25) is 0 Å². The molecule has 0 aliphatic rings. The summed E-state index contributed by atoms with van der Waals surface area (Å²) in [5.74, 6) is 0. The molecule has 2 N–H and O–H groups in total. The van der Waals surface area contributed by atoms with Gasteiger partial charge in [-0.3, -0.25) is 0 Å². The predicted octanol–water partition coefficient (Wildman–Crippen LogP) is 3.17. The Morgan fingerprint density at radius 1 is 1.37 bits per heavy atom. The first-order valence-corrected chi connectivity index (χ1v) is 6.44. The van der Waals surface area contributed by atoms with E-state index in [1.807, 2.05) is 6.92 Å². The Bertz CT molecular complexity index is 565. The average molecular weight is 287 g/mol. The third kappa shape index (κ3) is 2.93.